The Morgan fingerprint density at radius 2 is 1.93 bits per heavy atom. The highest BCUT2D eigenvalue weighted by molar-refractivity contribution is 5.80. The van der Waals surface area contributed by atoms with Crippen molar-refractivity contribution >= 4 is 23.0 Å². The zero-order valence-electron chi connectivity index (χ0n) is 16.0. The first kappa shape index (κ1) is 19.5. The van der Waals surface area contributed by atoms with Crippen LogP contribution in [0.15, 0.2) is 59.6 Å². The van der Waals surface area contributed by atoms with Gasteiger partial charge in [0.25, 0.3) is 5.69 Å². The van der Waals surface area contributed by atoms with Crippen molar-refractivity contribution in [3.63, 3.8) is 0 Å². The summed E-state index contributed by atoms with van der Waals surface area (Å²) in [5.74, 6) is 0.740. The number of para-hydroxylation sites is 3. The van der Waals surface area contributed by atoms with Gasteiger partial charge in [-0.3, -0.25) is 15.1 Å². The maximum absolute atomic E-state index is 11.0. The van der Waals surface area contributed by atoms with Crippen molar-refractivity contribution in [3.8, 4) is 0 Å². The smallest absolute Gasteiger partial charge is 0.292 e. The molecule has 0 spiro atoms. The first-order valence-electron chi connectivity index (χ1n) is 9.42. The van der Waals surface area contributed by atoms with E-state index in [1.165, 1.54) is 11.8 Å². The Morgan fingerprint density at radius 3 is 2.68 bits per heavy atom. The summed E-state index contributed by atoms with van der Waals surface area (Å²) in [6, 6.07) is 17.4. The summed E-state index contributed by atoms with van der Waals surface area (Å²) in [7, 11) is 1.74. The van der Waals surface area contributed by atoms with Crippen LogP contribution in [0.2, 0.25) is 0 Å². The summed E-state index contributed by atoms with van der Waals surface area (Å²) < 4.78 is 0. The molecule has 2 aromatic rings. The Kier molecular flexibility index (Phi) is 6.67. The van der Waals surface area contributed by atoms with Crippen molar-refractivity contribution in [2.45, 2.75) is 12.5 Å². The monoisotopic (exact) mass is 382 g/mol. The Bertz CT molecular complexity index is 811. The van der Waals surface area contributed by atoms with Crippen molar-refractivity contribution in [1.29, 1.82) is 0 Å². The molecule has 0 aliphatic carbocycles. The summed E-state index contributed by atoms with van der Waals surface area (Å²) in [6.45, 7) is 3.09. The van der Waals surface area contributed by atoms with Crippen molar-refractivity contribution < 1.29 is 4.92 Å². The van der Waals surface area contributed by atoms with E-state index in [0.29, 0.717) is 24.8 Å². The molecule has 8 heteroatoms. The highest BCUT2D eigenvalue weighted by Crippen LogP contribution is 2.22. The molecule has 1 atom stereocenters. The summed E-state index contributed by atoms with van der Waals surface area (Å²) in [4.78, 5) is 17.3. The van der Waals surface area contributed by atoms with Gasteiger partial charge in [-0.2, -0.15) is 0 Å². The maximum Gasteiger partial charge on any atom is 0.292 e. The van der Waals surface area contributed by atoms with E-state index in [4.69, 9.17) is 0 Å². The molecular weight excluding hydrogens is 356 g/mol. The summed E-state index contributed by atoms with van der Waals surface area (Å²) in [6.07, 6.45) is 1.05. The highest BCUT2D eigenvalue weighted by atomic mass is 16.6. The minimum absolute atomic E-state index is 0.0805. The maximum atomic E-state index is 11.0. The lowest BCUT2D eigenvalue weighted by Crippen LogP contribution is -2.45. The quantitative estimate of drug-likeness (QED) is 0.224. The van der Waals surface area contributed by atoms with Gasteiger partial charge in [-0.1, -0.05) is 30.3 Å². The molecule has 3 rings (SSSR count). The number of rotatable bonds is 7. The van der Waals surface area contributed by atoms with Crippen LogP contribution in [-0.2, 0) is 0 Å². The van der Waals surface area contributed by atoms with Crippen molar-refractivity contribution in [1.82, 2.24) is 10.6 Å². The molecule has 2 aromatic carbocycles. The third-order valence-corrected chi connectivity index (χ3v) is 4.71. The standard InChI is InChI=1S/C20H26N6O2/c1-21-20(23-13-12-22-18-9-5-6-10-19(18)26(27)28)24-16-11-14-25(15-16)17-7-3-2-4-8-17/h2-10,16,22H,11-15H2,1H3,(H2,21,23,24). The van der Waals surface area contributed by atoms with E-state index in [1.807, 2.05) is 6.07 Å². The van der Waals surface area contributed by atoms with Gasteiger partial charge in [-0.05, 0) is 24.6 Å². The lowest BCUT2D eigenvalue weighted by molar-refractivity contribution is -0.384. The fraction of sp³-hybridized carbons (Fsp3) is 0.350. The minimum atomic E-state index is -0.380. The predicted molar refractivity (Wildman–Crippen MR) is 113 cm³/mol. The molecule has 28 heavy (non-hydrogen) atoms. The van der Waals surface area contributed by atoms with Gasteiger partial charge < -0.3 is 20.9 Å². The van der Waals surface area contributed by atoms with Crippen molar-refractivity contribution in [2.75, 3.05) is 43.4 Å². The number of anilines is 2. The van der Waals surface area contributed by atoms with Crippen LogP contribution in [0.3, 0.4) is 0 Å². The van der Waals surface area contributed by atoms with Crippen LogP contribution >= 0.6 is 0 Å². The number of guanidine groups is 1. The van der Waals surface area contributed by atoms with Gasteiger partial charge in [0.2, 0.25) is 0 Å². The van der Waals surface area contributed by atoms with E-state index in [-0.39, 0.29) is 10.6 Å². The normalized spacial score (nSPS) is 16.7. The van der Waals surface area contributed by atoms with Gasteiger partial charge in [0.15, 0.2) is 5.96 Å². The lowest BCUT2D eigenvalue weighted by Gasteiger charge is -2.20. The molecule has 1 fully saturated rings. The van der Waals surface area contributed by atoms with Crippen LogP contribution in [0.5, 0.6) is 0 Å². The van der Waals surface area contributed by atoms with Crippen LogP contribution in [0.1, 0.15) is 6.42 Å². The Balaban J connectivity index is 1.43. The van der Waals surface area contributed by atoms with Gasteiger partial charge in [0.1, 0.15) is 5.69 Å². The van der Waals surface area contributed by atoms with E-state index in [9.17, 15) is 10.1 Å². The summed E-state index contributed by atoms with van der Waals surface area (Å²) in [5, 5.41) is 20.9. The zero-order chi connectivity index (χ0) is 19.8. The van der Waals surface area contributed by atoms with Gasteiger partial charge in [0, 0.05) is 51.0 Å². The average Bonchev–Trinajstić information content (AvgIpc) is 3.19. The molecule has 1 heterocycles. The molecule has 0 saturated carbocycles. The first-order chi connectivity index (χ1) is 13.7. The Morgan fingerprint density at radius 1 is 1.18 bits per heavy atom. The molecule has 1 unspecified atom stereocenters. The molecule has 1 aliphatic heterocycles. The number of hydrogen-bond acceptors (Lipinski definition) is 5. The zero-order valence-corrected chi connectivity index (χ0v) is 16.0. The number of nitro groups is 1. The number of nitro benzene ring substituents is 1. The lowest BCUT2D eigenvalue weighted by atomic mass is 10.2. The van der Waals surface area contributed by atoms with Gasteiger partial charge in [0.05, 0.1) is 4.92 Å². The Labute approximate surface area is 164 Å². The van der Waals surface area contributed by atoms with Gasteiger partial charge in [-0.15, -0.1) is 0 Å². The minimum Gasteiger partial charge on any atom is -0.378 e. The van der Waals surface area contributed by atoms with Crippen LogP contribution in [0.25, 0.3) is 0 Å². The molecule has 0 radical (unpaired) electrons. The van der Waals surface area contributed by atoms with Crippen LogP contribution < -0.4 is 20.9 Å². The number of hydrogen-bond donors (Lipinski definition) is 3. The number of aliphatic imine (C=N–C) groups is 1. The second-order valence-corrected chi connectivity index (χ2v) is 6.61. The third-order valence-electron chi connectivity index (χ3n) is 4.71. The summed E-state index contributed by atoms with van der Waals surface area (Å²) in [5.41, 5.74) is 1.84. The van der Waals surface area contributed by atoms with Crippen molar-refractivity contribution in [3.05, 3.63) is 64.7 Å². The molecule has 1 saturated heterocycles. The molecule has 0 amide bonds. The number of benzene rings is 2. The van der Waals surface area contributed by atoms with Gasteiger partial charge >= 0.3 is 0 Å². The van der Waals surface area contributed by atoms with Crippen LogP contribution in [0, 0.1) is 10.1 Å². The topological polar surface area (TPSA) is 94.8 Å². The third kappa shape index (κ3) is 5.12. The molecule has 3 N–H and O–H groups in total. The fourth-order valence-electron chi connectivity index (χ4n) is 3.30. The largest absolute Gasteiger partial charge is 0.378 e. The second kappa shape index (κ2) is 9.59. The fourth-order valence-corrected chi connectivity index (χ4v) is 3.30. The Hall–Kier alpha value is -3.29. The van der Waals surface area contributed by atoms with Crippen LogP contribution in [0.4, 0.5) is 17.1 Å². The summed E-state index contributed by atoms with van der Waals surface area (Å²) >= 11 is 0. The first-order valence-corrected chi connectivity index (χ1v) is 9.42. The molecule has 0 bridgehead atoms. The molecular formula is C20H26N6O2. The number of nitrogens with zero attached hydrogens (tertiary/aromatic N) is 3. The average molecular weight is 382 g/mol. The highest BCUT2D eigenvalue weighted by Gasteiger charge is 2.23. The second-order valence-electron chi connectivity index (χ2n) is 6.61. The van der Waals surface area contributed by atoms with E-state index < -0.39 is 0 Å². The van der Waals surface area contributed by atoms with E-state index in [1.54, 1.807) is 25.2 Å². The SMILES string of the molecule is CN=C(NCCNc1ccccc1[N+](=O)[O-])NC1CCN(c2ccccc2)C1. The van der Waals surface area contributed by atoms with Gasteiger partial charge in [-0.25, -0.2) is 0 Å². The van der Waals surface area contributed by atoms with E-state index in [2.05, 4.69) is 50.1 Å². The van der Waals surface area contributed by atoms with E-state index in [0.717, 1.165) is 25.5 Å². The number of nitrogens with one attached hydrogen (secondary N) is 3. The molecule has 8 nitrogen and oxygen atoms in total. The molecule has 148 valence electrons. The van der Waals surface area contributed by atoms with Crippen LogP contribution in [-0.4, -0.2) is 50.2 Å². The van der Waals surface area contributed by atoms with E-state index >= 15 is 0 Å². The molecule has 0 aromatic heterocycles. The predicted octanol–water partition coefficient (Wildman–Crippen LogP) is 2.45. The molecule has 1 aliphatic rings. The van der Waals surface area contributed by atoms with Crippen molar-refractivity contribution in [2.24, 2.45) is 4.99 Å².